The molecule has 7 heteroatoms. The molecule has 1 amide bonds. The molecule has 0 radical (unpaired) electrons. The molecule has 2 aliphatic rings. The zero-order valence-electron chi connectivity index (χ0n) is 15.2. The van der Waals surface area contributed by atoms with Crippen molar-refractivity contribution in [2.45, 2.75) is 44.9 Å². The highest BCUT2D eigenvalue weighted by Crippen LogP contribution is 2.37. The predicted molar refractivity (Wildman–Crippen MR) is 95.1 cm³/mol. The fraction of sp³-hybridized carbons (Fsp3) is 0.526. The van der Waals surface area contributed by atoms with Crippen LogP contribution in [0.2, 0.25) is 0 Å². The molecule has 2 aromatic rings. The van der Waals surface area contributed by atoms with Crippen molar-refractivity contribution in [1.82, 2.24) is 19.7 Å². The van der Waals surface area contributed by atoms with Gasteiger partial charge in [0.25, 0.3) is 5.91 Å². The van der Waals surface area contributed by atoms with E-state index >= 15 is 0 Å². The molecule has 1 spiro atoms. The molecule has 4 rings (SSSR count). The SMILES string of the molecule is CCn1nc(C)cc1C(=O)N1CC[C@]2(C[C@H](Oc3ccccn3)CO2)C1. The van der Waals surface area contributed by atoms with Crippen LogP contribution in [0.25, 0.3) is 0 Å². The fourth-order valence-electron chi connectivity index (χ4n) is 3.89. The Morgan fingerprint density at radius 3 is 3.12 bits per heavy atom. The molecule has 0 aliphatic carbocycles. The van der Waals surface area contributed by atoms with Crippen molar-refractivity contribution in [1.29, 1.82) is 0 Å². The van der Waals surface area contributed by atoms with Gasteiger partial charge < -0.3 is 14.4 Å². The Hall–Kier alpha value is -2.41. The fourth-order valence-corrected chi connectivity index (χ4v) is 3.89. The number of likely N-dealkylation sites (tertiary alicyclic amines) is 1. The van der Waals surface area contributed by atoms with Crippen molar-refractivity contribution in [3.05, 3.63) is 41.9 Å². The molecule has 2 atom stereocenters. The Bertz CT molecular complexity index is 791. The van der Waals surface area contributed by atoms with Crippen LogP contribution in [-0.4, -0.2) is 57.0 Å². The van der Waals surface area contributed by atoms with Gasteiger partial charge in [-0.05, 0) is 32.4 Å². The number of hydrogen-bond donors (Lipinski definition) is 0. The number of aryl methyl sites for hydroxylation is 2. The summed E-state index contributed by atoms with van der Waals surface area (Å²) in [6, 6.07) is 7.48. The van der Waals surface area contributed by atoms with Gasteiger partial charge in [0, 0.05) is 31.8 Å². The Labute approximate surface area is 152 Å². The first-order valence-electron chi connectivity index (χ1n) is 9.14. The summed E-state index contributed by atoms with van der Waals surface area (Å²) in [6.07, 6.45) is 3.30. The second-order valence-corrected chi connectivity index (χ2v) is 7.07. The van der Waals surface area contributed by atoms with Crippen LogP contribution in [0.1, 0.15) is 35.9 Å². The van der Waals surface area contributed by atoms with Gasteiger partial charge in [0.2, 0.25) is 5.88 Å². The normalized spacial score (nSPS) is 25.2. The highest BCUT2D eigenvalue weighted by molar-refractivity contribution is 5.93. The molecule has 4 heterocycles. The molecule has 0 N–H and O–H groups in total. The maximum absolute atomic E-state index is 12.9. The van der Waals surface area contributed by atoms with Gasteiger partial charge in [-0.2, -0.15) is 5.10 Å². The minimum atomic E-state index is -0.304. The summed E-state index contributed by atoms with van der Waals surface area (Å²) in [5.74, 6) is 0.647. The molecular weight excluding hydrogens is 332 g/mol. The minimum Gasteiger partial charge on any atom is -0.472 e. The summed E-state index contributed by atoms with van der Waals surface area (Å²) in [7, 11) is 0. The minimum absolute atomic E-state index is 0.0247. The number of carbonyl (C=O) groups is 1. The van der Waals surface area contributed by atoms with Gasteiger partial charge in [-0.25, -0.2) is 4.98 Å². The third-order valence-electron chi connectivity index (χ3n) is 5.12. The quantitative estimate of drug-likeness (QED) is 0.839. The second-order valence-electron chi connectivity index (χ2n) is 7.07. The summed E-state index contributed by atoms with van der Waals surface area (Å²) in [4.78, 5) is 19.0. The third-order valence-corrected chi connectivity index (χ3v) is 5.12. The summed E-state index contributed by atoms with van der Waals surface area (Å²) in [6.45, 7) is 6.42. The summed E-state index contributed by atoms with van der Waals surface area (Å²) in [5.41, 5.74) is 1.22. The van der Waals surface area contributed by atoms with Gasteiger partial charge in [0.15, 0.2) is 0 Å². The molecule has 2 aliphatic heterocycles. The number of rotatable bonds is 4. The molecular formula is C19H24N4O3. The van der Waals surface area contributed by atoms with E-state index < -0.39 is 0 Å². The average molecular weight is 356 g/mol. The molecule has 26 heavy (non-hydrogen) atoms. The van der Waals surface area contributed by atoms with Crippen molar-refractivity contribution in [2.75, 3.05) is 19.7 Å². The summed E-state index contributed by atoms with van der Waals surface area (Å²) < 4.78 is 13.8. The Morgan fingerprint density at radius 1 is 1.46 bits per heavy atom. The molecule has 0 aromatic carbocycles. The lowest BCUT2D eigenvalue weighted by Gasteiger charge is -2.23. The van der Waals surface area contributed by atoms with Crippen LogP contribution in [-0.2, 0) is 11.3 Å². The zero-order valence-corrected chi connectivity index (χ0v) is 15.2. The van der Waals surface area contributed by atoms with E-state index in [2.05, 4.69) is 10.1 Å². The van der Waals surface area contributed by atoms with E-state index in [1.54, 1.807) is 10.9 Å². The second kappa shape index (κ2) is 6.72. The Balaban J connectivity index is 1.41. The van der Waals surface area contributed by atoms with E-state index in [0.29, 0.717) is 37.8 Å². The van der Waals surface area contributed by atoms with Crippen LogP contribution in [0.5, 0.6) is 5.88 Å². The average Bonchev–Trinajstić information content (AvgIpc) is 3.35. The number of ether oxygens (including phenoxy) is 2. The maximum atomic E-state index is 12.9. The van der Waals surface area contributed by atoms with Crippen LogP contribution in [0.15, 0.2) is 30.5 Å². The van der Waals surface area contributed by atoms with Crippen LogP contribution in [0.4, 0.5) is 0 Å². The maximum Gasteiger partial charge on any atom is 0.272 e. The number of amides is 1. The predicted octanol–water partition coefficient (Wildman–Crippen LogP) is 2.06. The molecule has 138 valence electrons. The van der Waals surface area contributed by atoms with Gasteiger partial charge in [-0.15, -0.1) is 0 Å². The zero-order chi connectivity index (χ0) is 18.1. The molecule has 0 saturated carbocycles. The van der Waals surface area contributed by atoms with E-state index in [4.69, 9.17) is 9.47 Å². The molecule has 0 unspecified atom stereocenters. The largest absolute Gasteiger partial charge is 0.472 e. The summed E-state index contributed by atoms with van der Waals surface area (Å²) in [5, 5.41) is 4.38. The Kier molecular flexibility index (Phi) is 4.40. The van der Waals surface area contributed by atoms with Crippen LogP contribution in [0, 0.1) is 6.92 Å². The van der Waals surface area contributed by atoms with E-state index in [1.165, 1.54) is 0 Å². The topological polar surface area (TPSA) is 69.5 Å². The van der Waals surface area contributed by atoms with Crippen molar-refractivity contribution < 1.29 is 14.3 Å². The first kappa shape index (κ1) is 17.0. The molecule has 0 bridgehead atoms. The third kappa shape index (κ3) is 3.19. The lowest BCUT2D eigenvalue weighted by molar-refractivity contribution is 0.00973. The van der Waals surface area contributed by atoms with Gasteiger partial charge in [-0.1, -0.05) is 6.07 Å². The molecule has 2 fully saturated rings. The highest BCUT2D eigenvalue weighted by atomic mass is 16.6. The van der Waals surface area contributed by atoms with Crippen molar-refractivity contribution in [2.24, 2.45) is 0 Å². The number of nitrogens with zero attached hydrogens (tertiary/aromatic N) is 4. The Morgan fingerprint density at radius 2 is 2.35 bits per heavy atom. The first-order chi connectivity index (χ1) is 12.6. The lowest BCUT2D eigenvalue weighted by atomic mass is 9.98. The highest BCUT2D eigenvalue weighted by Gasteiger charge is 2.48. The van der Waals surface area contributed by atoms with Crippen LogP contribution >= 0.6 is 0 Å². The van der Waals surface area contributed by atoms with Crippen molar-refractivity contribution in [3.63, 3.8) is 0 Å². The molecule has 2 saturated heterocycles. The lowest BCUT2D eigenvalue weighted by Crippen LogP contribution is -2.37. The van der Waals surface area contributed by atoms with E-state index in [-0.39, 0.29) is 17.6 Å². The van der Waals surface area contributed by atoms with E-state index in [0.717, 1.165) is 18.5 Å². The van der Waals surface area contributed by atoms with Crippen LogP contribution in [0.3, 0.4) is 0 Å². The number of carbonyl (C=O) groups excluding carboxylic acids is 1. The summed E-state index contributed by atoms with van der Waals surface area (Å²) >= 11 is 0. The standard InChI is InChI=1S/C19H24N4O3/c1-3-23-16(10-14(2)21-23)18(24)22-9-7-19(13-22)11-15(12-25-19)26-17-6-4-5-8-20-17/h4-6,8,10,15H,3,7,9,11-13H2,1-2H3/t15-,19-/m0/s1. The number of hydrogen-bond acceptors (Lipinski definition) is 5. The number of aromatic nitrogens is 3. The first-order valence-corrected chi connectivity index (χ1v) is 9.14. The smallest absolute Gasteiger partial charge is 0.272 e. The van der Waals surface area contributed by atoms with E-state index in [1.807, 2.05) is 43.0 Å². The monoisotopic (exact) mass is 356 g/mol. The molecule has 7 nitrogen and oxygen atoms in total. The number of pyridine rings is 1. The van der Waals surface area contributed by atoms with Gasteiger partial charge >= 0.3 is 0 Å². The molecule has 2 aromatic heterocycles. The van der Waals surface area contributed by atoms with Crippen molar-refractivity contribution in [3.8, 4) is 5.88 Å². The van der Waals surface area contributed by atoms with Gasteiger partial charge in [-0.3, -0.25) is 9.48 Å². The van der Waals surface area contributed by atoms with Crippen molar-refractivity contribution >= 4 is 5.91 Å². The van der Waals surface area contributed by atoms with E-state index in [9.17, 15) is 4.79 Å². The van der Waals surface area contributed by atoms with Gasteiger partial charge in [0.1, 0.15) is 11.8 Å². The van der Waals surface area contributed by atoms with Gasteiger partial charge in [0.05, 0.1) is 24.4 Å². The van der Waals surface area contributed by atoms with Crippen LogP contribution < -0.4 is 4.74 Å².